The van der Waals surface area contributed by atoms with Gasteiger partial charge in [0.25, 0.3) is 0 Å². The van der Waals surface area contributed by atoms with Crippen LogP contribution in [0.2, 0.25) is 0 Å². The molecular formula is C11H16N2. The van der Waals surface area contributed by atoms with Gasteiger partial charge in [-0.05, 0) is 31.4 Å². The Morgan fingerprint density at radius 3 is 2.69 bits per heavy atom. The van der Waals surface area contributed by atoms with E-state index in [0.717, 1.165) is 12.2 Å². The highest BCUT2D eigenvalue weighted by atomic mass is 15.0. The monoisotopic (exact) mass is 176 g/mol. The molecule has 1 aromatic rings. The molecule has 0 amide bonds. The van der Waals surface area contributed by atoms with Crippen molar-refractivity contribution in [3.63, 3.8) is 0 Å². The third-order valence-electron chi connectivity index (χ3n) is 2.76. The smallest absolute Gasteiger partial charge is 0.0359 e. The minimum Gasteiger partial charge on any atom is -0.398 e. The summed E-state index contributed by atoms with van der Waals surface area (Å²) in [7, 11) is 0. The third-order valence-corrected chi connectivity index (χ3v) is 2.76. The third kappa shape index (κ3) is 2.01. The van der Waals surface area contributed by atoms with E-state index < -0.39 is 0 Å². The fourth-order valence-electron chi connectivity index (χ4n) is 1.37. The Hall–Kier alpha value is -1.02. The van der Waals surface area contributed by atoms with E-state index in [9.17, 15) is 0 Å². The Bertz CT molecular complexity index is 303. The Balaban J connectivity index is 1.97. The lowest BCUT2D eigenvalue weighted by molar-refractivity contribution is 0.538. The van der Waals surface area contributed by atoms with Crippen molar-refractivity contribution in [3.8, 4) is 0 Å². The van der Waals surface area contributed by atoms with Crippen LogP contribution in [-0.4, -0.2) is 5.54 Å². The first kappa shape index (κ1) is 8.57. The van der Waals surface area contributed by atoms with Gasteiger partial charge in [0.1, 0.15) is 0 Å². The molecule has 1 aliphatic rings. The van der Waals surface area contributed by atoms with Crippen LogP contribution >= 0.6 is 0 Å². The molecule has 13 heavy (non-hydrogen) atoms. The highest BCUT2D eigenvalue weighted by Gasteiger charge is 2.36. The SMILES string of the molecule is CC1(NCc2ccccc2N)CC1. The van der Waals surface area contributed by atoms with Crippen molar-refractivity contribution < 1.29 is 0 Å². The van der Waals surface area contributed by atoms with Gasteiger partial charge in [-0.2, -0.15) is 0 Å². The lowest BCUT2D eigenvalue weighted by Crippen LogP contribution is -2.27. The summed E-state index contributed by atoms with van der Waals surface area (Å²) in [5.74, 6) is 0. The largest absolute Gasteiger partial charge is 0.398 e. The van der Waals surface area contributed by atoms with Crippen LogP contribution in [0.5, 0.6) is 0 Å². The summed E-state index contributed by atoms with van der Waals surface area (Å²) < 4.78 is 0. The summed E-state index contributed by atoms with van der Waals surface area (Å²) >= 11 is 0. The number of para-hydroxylation sites is 1. The first-order valence-electron chi connectivity index (χ1n) is 4.78. The second-order valence-corrected chi connectivity index (χ2v) is 4.11. The number of anilines is 1. The average Bonchev–Trinajstić information content (AvgIpc) is 2.83. The molecule has 2 rings (SSSR count). The molecule has 70 valence electrons. The molecule has 0 saturated heterocycles. The van der Waals surface area contributed by atoms with E-state index in [1.807, 2.05) is 18.2 Å². The molecule has 0 spiro atoms. The van der Waals surface area contributed by atoms with Gasteiger partial charge in [-0.15, -0.1) is 0 Å². The summed E-state index contributed by atoms with van der Waals surface area (Å²) in [6.45, 7) is 3.15. The zero-order chi connectivity index (χ0) is 9.31. The number of hydrogen-bond donors (Lipinski definition) is 2. The molecule has 2 heteroatoms. The maximum atomic E-state index is 5.83. The van der Waals surface area contributed by atoms with E-state index in [0.29, 0.717) is 5.54 Å². The van der Waals surface area contributed by atoms with Crippen LogP contribution in [0.25, 0.3) is 0 Å². The van der Waals surface area contributed by atoms with Crippen molar-refractivity contribution >= 4 is 5.69 Å². The van der Waals surface area contributed by atoms with Gasteiger partial charge in [-0.1, -0.05) is 18.2 Å². The normalized spacial score (nSPS) is 18.5. The first-order chi connectivity index (χ1) is 6.20. The van der Waals surface area contributed by atoms with E-state index >= 15 is 0 Å². The Kier molecular flexibility index (Phi) is 2.00. The molecule has 1 aromatic carbocycles. The molecule has 1 fully saturated rings. The molecule has 1 saturated carbocycles. The minimum atomic E-state index is 0.391. The van der Waals surface area contributed by atoms with E-state index in [2.05, 4.69) is 18.3 Å². The second kappa shape index (κ2) is 3.04. The predicted molar refractivity (Wildman–Crippen MR) is 55.3 cm³/mol. The number of benzene rings is 1. The van der Waals surface area contributed by atoms with Crippen LogP contribution in [0, 0.1) is 0 Å². The van der Waals surface area contributed by atoms with Crippen LogP contribution in [0.4, 0.5) is 5.69 Å². The lowest BCUT2D eigenvalue weighted by Gasteiger charge is -2.12. The van der Waals surface area contributed by atoms with Crippen molar-refractivity contribution in [2.24, 2.45) is 0 Å². The summed E-state index contributed by atoms with van der Waals surface area (Å²) in [4.78, 5) is 0. The van der Waals surface area contributed by atoms with Crippen LogP contribution < -0.4 is 11.1 Å². The van der Waals surface area contributed by atoms with Gasteiger partial charge in [0.05, 0.1) is 0 Å². The maximum Gasteiger partial charge on any atom is 0.0359 e. The number of nitrogens with one attached hydrogen (secondary N) is 1. The molecule has 0 aliphatic heterocycles. The Morgan fingerprint density at radius 2 is 2.08 bits per heavy atom. The van der Waals surface area contributed by atoms with E-state index in [4.69, 9.17) is 5.73 Å². The number of nitrogens with two attached hydrogens (primary N) is 1. The van der Waals surface area contributed by atoms with Gasteiger partial charge >= 0.3 is 0 Å². The van der Waals surface area contributed by atoms with Crippen LogP contribution in [0.3, 0.4) is 0 Å². The molecule has 0 atom stereocenters. The van der Waals surface area contributed by atoms with Crippen LogP contribution in [0.15, 0.2) is 24.3 Å². The van der Waals surface area contributed by atoms with Crippen molar-refractivity contribution in [2.75, 3.05) is 5.73 Å². The fourth-order valence-corrected chi connectivity index (χ4v) is 1.37. The van der Waals surface area contributed by atoms with Gasteiger partial charge in [0, 0.05) is 17.8 Å². The van der Waals surface area contributed by atoms with Gasteiger partial charge in [-0.25, -0.2) is 0 Å². The Labute approximate surface area is 79.1 Å². The fraction of sp³-hybridized carbons (Fsp3) is 0.455. The predicted octanol–water partition coefficient (Wildman–Crippen LogP) is 1.91. The topological polar surface area (TPSA) is 38.0 Å². The molecule has 2 nitrogen and oxygen atoms in total. The molecule has 0 radical (unpaired) electrons. The van der Waals surface area contributed by atoms with Crippen LogP contribution in [-0.2, 0) is 6.54 Å². The summed E-state index contributed by atoms with van der Waals surface area (Å²) in [5.41, 5.74) is 8.31. The van der Waals surface area contributed by atoms with Crippen molar-refractivity contribution in [3.05, 3.63) is 29.8 Å². The molecule has 0 unspecified atom stereocenters. The standard InChI is InChI=1S/C11H16N2/c1-11(6-7-11)13-8-9-4-2-3-5-10(9)12/h2-5,13H,6-8,12H2,1H3. The number of nitrogen functional groups attached to an aromatic ring is 1. The molecule has 1 aliphatic carbocycles. The van der Waals surface area contributed by atoms with E-state index in [1.54, 1.807) is 0 Å². The van der Waals surface area contributed by atoms with Gasteiger partial charge < -0.3 is 11.1 Å². The summed E-state index contributed by atoms with van der Waals surface area (Å²) in [6.07, 6.45) is 2.58. The summed E-state index contributed by atoms with van der Waals surface area (Å²) in [5, 5.41) is 3.51. The highest BCUT2D eigenvalue weighted by molar-refractivity contribution is 5.46. The highest BCUT2D eigenvalue weighted by Crippen LogP contribution is 2.34. The van der Waals surface area contributed by atoms with Gasteiger partial charge in [-0.3, -0.25) is 0 Å². The molecule has 3 N–H and O–H groups in total. The van der Waals surface area contributed by atoms with Gasteiger partial charge in [0.2, 0.25) is 0 Å². The quantitative estimate of drug-likeness (QED) is 0.690. The first-order valence-corrected chi connectivity index (χ1v) is 4.78. The van der Waals surface area contributed by atoms with Crippen molar-refractivity contribution in [1.29, 1.82) is 0 Å². The molecule has 0 bridgehead atoms. The zero-order valence-electron chi connectivity index (χ0n) is 8.01. The average molecular weight is 176 g/mol. The van der Waals surface area contributed by atoms with Gasteiger partial charge in [0.15, 0.2) is 0 Å². The molecule has 0 heterocycles. The van der Waals surface area contributed by atoms with Crippen LogP contribution in [0.1, 0.15) is 25.3 Å². The summed E-state index contributed by atoms with van der Waals surface area (Å²) in [6, 6.07) is 8.03. The maximum absolute atomic E-state index is 5.83. The zero-order valence-corrected chi connectivity index (χ0v) is 8.01. The Morgan fingerprint density at radius 1 is 1.38 bits per heavy atom. The van der Waals surface area contributed by atoms with E-state index in [1.165, 1.54) is 18.4 Å². The van der Waals surface area contributed by atoms with E-state index in [-0.39, 0.29) is 0 Å². The van der Waals surface area contributed by atoms with Crippen molar-refractivity contribution in [2.45, 2.75) is 31.8 Å². The minimum absolute atomic E-state index is 0.391. The number of rotatable bonds is 3. The molecule has 0 aromatic heterocycles. The number of hydrogen-bond acceptors (Lipinski definition) is 2. The van der Waals surface area contributed by atoms with Crippen molar-refractivity contribution in [1.82, 2.24) is 5.32 Å². The second-order valence-electron chi connectivity index (χ2n) is 4.11. The lowest BCUT2D eigenvalue weighted by atomic mass is 10.1. The molecular weight excluding hydrogens is 160 g/mol.